The molecule has 2 aliphatic rings. The molecule has 0 aliphatic carbocycles. The summed E-state index contributed by atoms with van der Waals surface area (Å²) in [5.41, 5.74) is 9.22. The van der Waals surface area contributed by atoms with Crippen LogP contribution in [0.15, 0.2) is 23.3 Å². The van der Waals surface area contributed by atoms with Crippen molar-refractivity contribution in [3.8, 4) is 0 Å². The largest absolute Gasteiger partial charge is 0.433 e. The van der Waals surface area contributed by atoms with Crippen molar-refractivity contribution in [3.63, 3.8) is 0 Å². The van der Waals surface area contributed by atoms with Crippen LogP contribution in [0.25, 0.3) is 0 Å². The summed E-state index contributed by atoms with van der Waals surface area (Å²) in [6.07, 6.45) is -2.96. The van der Waals surface area contributed by atoms with Gasteiger partial charge in [-0.2, -0.15) is 13.2 Å². The Morgan fingerprint density at radius 3 is 2.59 bits per heavy atom. The number of alkyl halides is 3. The molecule has 0 atom stereocenters. The maximum absolute atomic E-state index is 12.9. The number of hydrogen-bond acceptors (Lipinski definition) is 5. The van der Waals surface area contributed by atoms with E-state index in [4.69, 9.17) is 5.73 Å². The van der Waals surface area contributed by atoms with Gasteiger partial charge in [-0.05, 0) is 44.0 Å². The third kappa shape index (κ3) is 4.26. The molecule has 4 rings (SSSR count). The minimum absolute atomic E-state index is 0.0213. The average Bonchev–Trinajstić information content (AvgIpc) is 3.13. The molecular weight excluding hydrogens is 421 g/mol. The van der Waals surface area contributed by atoms with Crippen LogP contribution < -0.4 is 10.6 Å². The van der Waals surface area contributed by atoms with Crippen LogP contribution in [0.2, 0.25) is 0 Å². The van der Waals surface area contributed by atoms with Crippen LogP contribution in [-0.4, -0.2) is 39.7 Å². The molecule has 2 aromatic heterocycles. The lowest BCUT2D eigenvalue weighted by Gasteiger charge is -2.41. The number of aryl methyl sites for hydroxylation is 1. The van der Waals surface area contributed by atoms with E-state index in [1.807, 2.05) is 18.7 Å². The first-order valence-electron chi connectivity index (χ1n) is 10.4. The summed E-state index contributed by atoms with van der Waals surface area (Å²) in [5.74, 6) is 1.09. The van der Waals surface area contributed by atoms with Gasteiger partial charge < -0.3 is 15.5 Å². The number of amidine groups is 1. The first-order valence-corrected chi connectivity index (χ1v) is 10.4. The van der Waals surface area contributed by atoms with Crippen molar-refractivity contribution in [2.75, 3.05) is 18.0 Å². The highest BCUT2D eigenvalue weighted by molar-refractivity contribution is 5.81. The van der Waals surface area contributed by atoms with Crippen molar-refractivity contribution in [2.45, 2.75) is 46.5 Å². The number of carbonyl (C=O) groups is 1. The van der Waals surface area contributed by atoms with E-state index in [9.17, 15) is 18.0 Å². The van der Waals surface area contributed by atoms with E-state index in [1.54, 1.807) is 17.9 Å². The molecule has 2 aromatic rings. The molecule has 2 N–H and O–H groups in total. The molecule has 1 fully saturated rings. The molecule has 10 heteroatoms. The summed E-state index contributed by atoms with van der Waals surface area (Å²) in [6, 6.07) is 2.61. The summed E-state index contributed by atoms with van der Waals surface area (Å²) in [5, 5.41) is 0. The van der Waals surface area contributed by atoms with Gasteiger partial charge in [-0.15, -0.1) is 0 Å². The third-order valence-corrected chi connectivity index (χ3v) is 6.06. The number of halogens is 3. The molecule has 0 saturated carbocycles. The molecule has 170 valence electrons. The fourth-order valence-electron chi connectivity index (χ4n) is 4.20. The Kier molecular flexibility index (Phi) is 5.56. The van der Waals surface area contributed by atoms with Gasteiger partial charge in [0.25, 0.3) is 0 Å². The molecule has 4 heterocycles. The number of aliphatic imine (C=N–C) groups is 1. The number of nitrogens with zero attached hydrogens (tertiary/aromatic N) is 5. The smallest absolute Gasteiger partial charge is 0.387 e. The van der Waals surface area contributed by atoms with Crippen LogP contribution in [0, 0.1) is 19.8 Å². The number of pyridine rings is 2. The number of hydrogen-bond donors (Lipinski definition) is 1. The van der Waals surface area contributed by atoms with Crippen LogP contribution in [0.3, 0.4) is 0 Å². The van der Waals surface area contributed by atoms with Gasteiger partial charge in [0.05, 0.1) is 12.4 Å². The predicted octanol–water partition coefficient (Wildman–Crippen LogP) is 3.49. The van der Waals surface area contributed by atoms with E-state index in [0.717, 1.165) is 28.5 Å². The number of amides is 1. The van der Waals surface area contributed by atoms with Gasteiger partial charge in [0.1, 0.15) is 5.69 Å². The molecule has 0 radical (unpaired) electrons. The Bertz CT molecular complexity index is 1090. The molecule has 2 aliphatic heterocycles. The maximum Gasteiger partial charge on any atom is 0.433 e. The lowest BCUT2D eigenvalue weighted by atomic mass is 9.95. The van der Waals surface area contributed by atoms with E-state index < -0.39 is 11.9 Å². The van der Waals surface area contributed by atoms with Gasteiger partial charge in [-0.3, -0.25) is 9.78 Å². The van der Waals surface area contributed by atoms with Crippen molar-refractivity contribution in [3.05, 3.63) is 46.4 Å². The zero-order valence-corrected chi connectivity index (χ0v) is 18.2. The third-order valence-electron chi connectivity index (χ3n) is 6.06. The fraction of sp³-hybridized carbons (Fsp3) is 0.455. The van der Waals surface area contributed by atoms with Crippen LogP contribution in [-0.2, 0) is 24.1 Å². The van der Waals surface area contributed by atoms with Gasteiger partial charge in [0.15, 0.2) is 5.82 Å². The lowest BCUT2D eigenvalue weighted by Crippen LogP contribution is -2.48. The van der Waals surface area contributed by atoms with E-state index in [0.29, 0.717) is 49.9 Å². The number of nitrogens with two attached hydrogens (primary N) is 1. The molecule has 7 nitrogen and oxygen atoms in total. The standard InChI is InChI=1S/C22H25F3N6O/c1-12-13(2)28-21(29-14(3)26)18-11-31(10-17(12)18)20(32)6-15-8-30(9-15)16-4-5-27-19(7-16)22(23,24)25/h4-5,7,15H,6,8-11H2,1-3H3,(H2,26,28,29). The van der Waals surface area contributed by atoms with E-state index in [1.165, 1.54) is 6.20 Å². The van der Waals surface area contributed by atoms with Crippen LogP contribution in [0.4, 0.5) is 24.7 Å². The van der Waals surface area contributed by atoms with Gasteiger partial charge in [-0.1, -0.05) is 0 Å². The van der Waals surface area contributed by atoms with Gasteiger partial charge in [0.2, 0.25) is 5.91 Å². The molecule has 0 bridgehead atoms. The first-order chi connectivity index (χ1) is 15.0. The molecule has 0 unspecified atom stereocenters. The van der Waals surface area contributed by atoms with E-state index in [-0.39, 0.29) is 11.8 Å². The molecule has 0 aromatic carbocycles. The van der Waals surface area contributed by atoms with Crippen molar-refractivity contribution in [1.82, 2.24) is 14.9 Å². The number of aromatic nitrogens is 2. The van der Waals surface area contributed by atoms with E-state index >= 15 is 0 Å². The number of anilines is 1. The highest BCUT2D eigenvalue weighted by atomic mass is 19.4. The quantitative estimate of drug-likeness (QED) is 0.574. The highest BCUT2D eigenvalue weighted by Gasteiger charge is 2.36. The second kappa shape index (κ2) is 8.07. The number of rotatable bonds is 4. The summed E-state index contributed by atoms with van der Waals surface area (Å²) in [4.78, 5) is 28.8. The first kappa shape index (κ1) is 22.0. The molecule has 0 spiro atoms. The minimum atomic E-state index is -4.47. The van der Waals surface area contributed by atoms with Gasteiger partial charge >= 0.3 is 6.18 Å². The SMILES string of the molecule is CC(N)=Nc1nc(C)c(C)c2c1CN(C(=O)CC1CN(c3ccnc(C(F)(F)F)c3)C1)C2. The van der Waals surface area contributed by atoms with Gasteiger partial charge in [-0.25, -0.2) is 9.98 Å². The van der Waals surface area contributed by atoms with Crippen molar-refractivity contribution in [1.29, 1.82) is 0 Å². The van der Waals surface area contributed by atoms with Crippen LogP contribution in [0.5, 0.6) is 0 Å². The fourth-order valence-corrected chi connectivity index (χ4v) is 4.20. The summed E-state index contributed by atoms with van der Waals surface area (Å²) in [6.45, 7) is 7.62. The Morgan fingerprint density at radius 2 is 1.94 bits per heavy atom. The minimum Gasteiger partial charge on any atom is -0.387 e. The van der Waals surface area contributed by atoms with Crippen LogP contribution in [0.1, 0.15) is 41.4 Å². The molecule has 1 amide bonds. The Labute approximate surface area is 184 Å². The van der Waals surface area contributed by atoms with Crippen LogP contribution >= 0.6 is 0 Å². The normalized spacial score (nSPS) is 16.9. The molecular formula is C22H25F3N6O. The Hall–Kier alpha value is -3.17. The summed E-state index contributed by atoms with van der Waals surface area (Å²) in [7, 11) is 0. The number of carbonyl (C=O) groups excluding carboxylic acids is 1. The zero-order chi connectivity index (χ0) is 23.2. The van der Waals surface area contributed by atoms with Crippen molar-refractivity contribution in [2.24, 2.45) is 16.6 Å². The Morgan fingerprint density at radius 1 is 1.25 bits per heavy atom. The molecule has 1 saturated heterocycles. The average molecular weight is 446 g/mol. The highest BCUT2D eigenvalue weighted by Crippen LogP contribution is 2.36. The van der Waals surface area contributed by atoms with Crippen molar-refractivity contribution < 1.29 is 18.0 Å². The Balaban J connectivity index is 1.39. The lowest BCUT2D eigenvalue weighted by molar-refractivity contribution is -0.141. The molecule has 32 heavy (non-hydrogen) atoms. The topological polar surface area (TPSA) is 87.7 Å². The zero-order valence-electron chi connectivity index (χ0n) is 18.2. The number of fused-ring (bicyclic) bond motifs is 1. The second-order valence-corrected chi connectivity index (χ2v) is 8.48. The van der Waals surface area contributed by atoms with E-state index in [2.05, 4.69) is 15.0 Å². The second-order valence-electron chi connectivity index (χ2n) is 8.48. The van der Waals surface area contributed by atoms with Gasteiger partial charge in [0, 0.05) is 55.1 Å². The summed E-state index contributed by atoms with van der Waals surface area (Å²) >= 11 is 0. The monoisotopic (exact) mass is 446 g/mol. The van der Waals surface area contributed by atoms with Crippen molar-refractivity contribution >= 4 is 23.2 Å². The summed E-state index contributed by atoms with van der Waals surface area (Å²) < 4.78 is 38.7. The predicted molar refractivity (Wildman–Crippen MR) is 114 cm³/mol. The maximum atomic E-state index is 12.9.